The summed E-state index contributed by atoms with van der Waals surface area (Å²) in [5.41, 5.74) is 2.76. The van der Waals surface area contributed by atoms with Crippen LogP contribution in [0.2, 0.25) is 5.02 Å². The lowest BCUT2D eigenvalue weighted by molar-refractivity contribution is 0.155. The van der Waals surface area contributed by atoms with Gasteiger partial charge in [0.1, 0.15) is 0 Å². The molecule has 2 aromatic carbocycles. The minimum atomic E-state index is -0.878. The molecule has 2 aromatic rings. The Morgan fingerprint density at radius 2 is 1.85 bits per heavy atom. The van der Waals surface area contributed by atoms with E-state index in [0.717, 1.165) is 17.5 Å². The lowest BCUT2D eigenvalue weighted by atomic mass is 9.98. The van der Waals surface area contributed by atoms with Gasteiger partial charge in [0.15, 0.2) is 0 Å². The average Bonchev–Trinajstić information content (AvgIpc) is 3.14. The van der Waals surface area contributed by atoms with Gasteiger partial charge in [0.25, 0.3) is 0 Å². The van der Waals surface area contributed by atoms with Crippen LogP contribution < -0.4 is 5.32 Å². The highest BCUT2D eigenvalue weighted by atomic mass is 35.5. The minimum Gasteiger partial charge on any atom is -0.465 e. The van der Waals surface area contributed by atoms with Crippen molar-refractivity contribution in [2.24, 2.45) is 0 Å². The molecule has 2 amide bonds. The summed E-state index contributed by atoms with van der Waals surface area (Å²) in [7, 11) is 0. The molecule has 1 atom stereocenters. The highest BCUT2D eigenvalue weighted by molar-refractivity contribution is 6.30. The third-order valence-corrected chi connectivity index (χ3v) is 4.88. The van der Waals surface area contributed by atoms with Crippen LogP contribution in [0.3, 0.4) is 0 Å². The summed E-state index contributed by atoms with van der Waals surface area (Å²) in [6, 6.07) is 14.8. The molecular weight excluding hydrogens is 368 g/mol. The zero-order valence-corrected chi connectivity index (χ0v) is 15.5. The van der Waals surface area contributed by atoms with Crippen LogP contribution in [0.15, 0.2) is 48.5 Å². The first-order valence-electron chi connectivity index (χ1n) is 8.77. The number of hydrogen-bond acceptors (Lipinski definition) is 3. The summed E-state index contributed by atoms with van der Waals surface area (Å²) in [5, 5.41) is 12.4. The second-order valence-corrected chi connectivity index (χ2v) is 6.91. The Morgan fingerprint density at radius 1 is 1.15 bits per heavy atom. The van der Waals surface area contributed by atoms with E-state index in [1.807, 2.05) is 24.3 Å². The van der Waals surface area contributed by atoms with Gasteiger partial charge in [0, 0.05) is 36.1 Å². The fourth-order valence-corrected chi connectivity index (χ4v) is 3.24. The van der Waals surface area contributed by atoms with Gasteiger partial charge in [-0.25, -0.2) is 9.59 Å². The zero-order chi connectivity index (χ0) is 19.2. The maximum absolute atomic E-state index is 11.9. The summed E-state index contributed by atoms with van der Waals surface area (Å²) in [6.45, 7) is 1.34. The SMILES string of the molecule is O=C(Nc1ccc(C2CCN(C(=O)O)C2)cc1)OCCc1ccc(Cl)cc1. The molecule has 0 radical (unpaired) electrons. The predicted molar refractivity (Wildman–Crippen MR) is 104 cm³/mol. The number of nitrogens with one attached hydrogen (secondary N) is 1. The van der Waals surface area contributed by atoms with Crippen molar-refractivity contribution in [2.75, 3.05) is 25.0 Å². The van der Waals surface area contributed by atoms with E-state index in [1.165, 1.54) is 4.90 Å². The van der Waals surface area contributed by atoms with E-state index in [-0.39, 0.29) is 12.5 Å². The number of halogens is 1. The van der Waals surface area contributed by atoms with Crippen molar-refractivity contribution >= 4 is 29.5 Å². The fraction of sp³-hybridized carbons (Fsp3) is 0.300. The van der Waals surface area contributed by atoms with Crippen LogP contribution in [0.4, 0.5) is 15.3 Å². The minimum absolute atomic E-state index is 0.196. The molecule has 1 saturated heterocycles. The van der Waals surface area contributed by atoms with Crippen LogP contribution in [-0.2, 0) is 11.2 Å². The largest absolute Gasteiger partial charge is 0.465 e. The van der Waals surface area contributed by atoms with Gasteiger partial charge in [-0.2, -0.15) is 0 Å². The number of carbonyl (C=O) groups excluding carboxylic acids is 1. The highest BCUT2D eigenvalue weighted by Gasteiger charge is 2.26. The molecule has 3 rings (SSSR count). The van der Waals surface area contributed by atoms with Crippen molar-refractivity contribution < 1.29 is 19.4 Å². The number of hydrogen-bond donors (Lipinski definition) is 2. The third-order valence-electron chi connectivity index (χ3n) is 4.62. The molecule has 0 aromatic heterocycles. The lowest BCUT2D eigenvalue weighted by Gasteiger charge is -2.13. The smallest absolute Gasteiger partial charge is 0.411 e. The van der Waals surface area contributed by atoms with Gasteiger partial charge < -0.3 is 14.7 Å². The van der Waals surface area contributed by atoms with E-state index in [2.05, 4.69) is 5.32 Å². The Hall–Kier alpha value is -2.73. The van der Waals surface area contributed by atoms with Crippen molar-refractivity contribution in [1.82, 2.24) is 4.90 Å². The summed E-state index contributed by atoms with van der Waals surface area (Å²) >= 11 is 5.84. The first-order chi connectivity index (χ1) is 13.0. The van der Waals surface area contributed by atoms with E-state index in [1.54, 1.807) is 24.3 Å². The van der Waals surface area contributed by atoms with Gasteiger partial charge in [-0.15, -0.1) is 0 Å². The zero-order valence-electron chi connectivity index (χ0n) is 14.7. The molecule has 27 heavy (non-hydrogen) atoms. The second kappa shape index (κ2) is 8.77. The molecule has 1 fully saturated rings. The first kappa shape index (κ1) is 19.0. The van der Waals surface area contributed by atoms with Gasteiger partial charge in [-0.1, -0.05) is 35.9 Å². The van der Waals surface area contributed by atoms with E-state index in [0.29, 0.717) is 30.2 Å². The lowest BCUT2D eigenvalue weighted by Crippen LogP contribution is -2.26. The number of amides is 2. The maximum atomic E-state index is 11.9. The third kappa shape index (κ3) is 5.37. The fourth-order valence-electron chi connectivity index (χ4n) is 3.11. The molecule has 1 aliphatic rings. The predicted octanol–water partition coefficient (Wildman–Crippen LogP) is 4.60. The van der Waals surface area contributed by atoms with Crippen LogP contribution in [0.25, 0.3) is 0 Å². The van der Waals surface area contributed by atoms with Gasteiger partial charge in [-0.3, -0.25) is 5.32 Å². The molecule has 2 N–H and O–H groups in total. The number of carboxylic acid groups (broad SMARTS) is 1. The van der Waals surface area contributed by atoms with Crippen molar-refractivity contribution in [2.45, 2.75) is 18.8 Å². The molecule has 1 aliphatic heterocycles. The van der Waals surface area contributed by atoms with Crippen LogP contribution in [0.5, 0.6) is 0 Å². The van der Waals surface area contributed by atoms with E-state index in [9.17, 15) is 9.59 Å². The topological polar surface area (TPSA) is 78.9 Å². The van der Waals surface area contributed by atoms with Crippen molar-refractivity contribution in [1.29, 1.82) is 0 Å². The monoisotopic (exact) mass is 388 g/mol. The van der Waals surface area contributed by atoms with E-state index < -0.39 is 12.2 Å². The number of carbonyl (C=O) groups is 2. The molecule has 142 valence electrons. The average molecular weight is 389 g/mol. The first-order valence-corrected chi connectivity index (χ1v) is 9.15. The molecule has 7 heteroatoms. The number of ether oxygens (including phenoxy) is 1. The van der Waals surface area contributed by atoms with Gasteiger partial charge in [0.2, 0.25) is 0 Å². The number of rotatable bonds is 5. The highest BCUT2D eigenvalue weighted by Crippen LogP contribution is 2.28. The number of likely N-dealkylation sites (tertiary alicyclic amines) is 1. The Morgan fingerprint density at radius 3 is 2.48 bits per heavy atom. The van der Waals surface area contributed by atoms with Gasteiger partial charge in [0.05, 0.1) is 6.61 Å². The molecule has 0 aliphatic carbocycles. The summed E-state index contributed by atoms with van der Waals surface area (Å²) < 4.78 is 5.20. The van der Waals surface area contributed by atoms with Crippen LogP contribution in [0.1, 0.15) is 23.5 Å². The summed E-state index contributed by atoms with van der Waals surface area (Å²) in [6.07, 6.45) is 0.0451. The summed E-state index contributed by atoms with van der Waals surface area (Å²) in [5.74, 6) is 0.196. The van der Waals surface area contributed by atoms with Crippen LogP contribution >= 0.6 is 11.6 Å². The molecule has 0 saturated carbocycles. The van der Waals surface area contributed by atoms with Crippen molar-refractivity contribution in [3.05, 3.63) is 64.7 Å². The van der Waals surface area contributed by atoms with Gasteiger partial charge >= 0.3 is 12.2 Å². The number of benzene rings is 2. The Kier molecular flexibility index (Phi) is 6.19. The standard InChI is InChI=1S/C20H21ClN2O4/c21-17-5-1-14(2-6-17)10-12-27-19(24)22-18-7-3-15(4-8-18)16-9-11-23(13-16)20(25)26/h1-8,16H,9-13H2,(H,22,24)(H,25,26). The Labute approximate surface area is 162 Å². The second-order valence-electron chi connectivity index (χ2n) is 6.47. The van der Waals surface area contributed by atoms with Crippen LogP contribution in [0, 0.1) is 0 Å². The quantitative estimate of drug-likeness (QED) is 0.784. The molecule has 1 heterocycles. The molecule has 6 nitrogen and oxygen atoms in total. The normalized spacial score (nSPS) is 16.2. The molecular formula is C20H21ClN2O4. The molecule has 1 unspecified atom stereocenters. The Balaban J connectivity index is 1.44. The maximum Gasteiger partial charge on any atom is 0.411 e. The van der Waals surface area contributed by atoms with E-state index >= 15 is 0 Å². The Bertz CT molecular complexity index is 793. The van der Waals surface area contributed by atoms with Crippen molar-refractivity contribution in [3.63, 3.8) is 0 Å². The summed E-state index contributed by atoms with van der Waals surface area (Å²) in [4.78, 5) is 24.3. The molecule has 0 bridgehead atoms. The van der Waals surface area contributed by atoms with E-state index in [4.69, 9.17) is 21.4 Å². The number of anilines is 1. The molecule has 0 spiro atoms. The van der Waals surface area contributed by atoms with Crippen LogP contribution in [-0.4, -0.2) is 41.9 Å². The van der Waals surface area contributed by atoms with Crippen molar-refractivity contribution in [3.8, 4) is 0 Å². The van der Waals surface area contributed by atoms with Gasteiger partial charge in [-0.05, 0) is 41.8 Å². The number of nitrogens with zero attached hydrogens (tertiary/aromatic N) is 1.